The number of tetrazole rings is 1. The van der Waals surface area contributed by atoms with Crippen LogP contribution >= 0.6 is 0 Å². The minimum atomic E-state index is 0.528. The maximum atomic E-state index is 4.33. The molecule has 0 aliphatic rings. The lowest BCUT2D eigenvalue weighted by molar-refractivity contribution is 0.564. The monoisotopic (exact) mass is 237 g/mol. The highest BCUT2D eigenvalue weighted by molar-refractivity contribution is 5.52. The van der Waals surface area contributed by atoms with Crippen LogP contribution in [0.3, 0.4) is 0 Å². The summed E-state index contributed by atoms with van der Waals surface area (Å²) >= 11 is 0. The molecule has 5 nitrogen and oxygen atoms in total. The molecule has 2 heterocycles. The number of hydrogen-bond donors (Lipinski definition) is 0. The second-order valence-electron chi connectivity index (χ2n) is 3.83. The number of benzene rings is 1. The van der Waals surface area contributed by atoms with Crippen LogP contribution in [0.15, 0.2) is 54.7 Å². The highest BCUT2D eigenvalue weighted by Crippen LogP contribution is 2.11. The van der Waals surface area contributed by atoms with Gasteiger partial charge in [-0.25, -0.2) is 0 Å². The zero-order chi connectivity index (χ0) is 12.2. The van der Waals surface area contributed by atoms with Crippen molar-refractivity contribution in [3.8, 4) is 11.4 Å². The number of rotatable bonds is 3. The van der Waals surface area contributed by atoms with Crippen molar-refractivity contribution >= 4 is 0 Å². The molecule has 0 spiro atoms. The predicted octanol–water partition coefficient (Wildman–Crippen LogP) is 1.78. The van der Waals surface area contributed by atoms with Gasteiger partial charge in [-0.1, -0.05) is 36.4 Å². The Morgan fingerprint density at radius 3 is 2.56 bits per heavy atom. The standard InChI is InChI=1S/C13H11N5/c1-2-6-11(7-3-1)13-15-17-18(16-13)10-12-8-4-5-9-14-12/h1-9H,10H2. The van der Waals surface area contributed by atoms with E-state index in [0.29, 0.717) is 12.4 Å². The molecule has 18 heavy (non-hydrogen) atoms. The lowest BCUT2D eigenvalue weighted by Crippen LogP contribution is -2.05. The van der Waals surface area contributed by atoms with Crippen LogP contribution in [-0.4, -0.2) is 25.2 Å². The van der Waals surface area contributed by atoms with Gasteiger partial charge in [0.15, 0.2) is 0 Å². The third-order valence-corrected chi connectivity index (χ3v) is 2.51. The summed E-state index contributed by atoms with van der Waals surface area (Å²) in [5.74, 6) is 0.631. The van der Waals surface area contributed by atoms with E-state index >= 15 is 0 Å². The van der Waals surface area contributed by atoms with E-state index in [9.17, 15) is 0 Å². The van der Waals surface area contributed by atoms with Gasteiger partial charge in [-0.15, -0.1) is 10.2 Å². The lowest BCUT2D eigenvalue weighted by Gasteiger charge is -1.97. The minimum absolute atomic E-state index is 0.528. The molecule has 0 unspecified atom stereocenters. The van der Waals surface area contributed by atoms with E-state index in [1.54, 1.807) is 11.0 Å². The van der Waals surface area contributed by atoms with E-state index in [0.717, 1.165) is 11.3 Å². The Morgan fingerprint density at radius 1 is 0.944 bits per heavy atom. The molecule has 0 N–H and O–H groups in total. The second-order valence-corrected chi connectivity index (χ2v) is 3.83. The number of hydrogen-bond acceptors (Lipinski definition) is 4. The van der Waals surface area contributed by atoms with Crippen molar-refractivity contribution in [2.24, 2.45) is 0 Å². The normalized spacial score (nSPS) is 10.4. The quantitative estimate of drug-likeness (QED) is 0.696. The van der Waals surface area contributed by atoms with Gasteiger partial charge in [-0.05, 0) is 17.3 Å². The minimum Gasteiger partial charge on any atom is -0.259 e. The Morgan fingerprint density at radius 2 is 1.78 bits per heavy atom. The Kier molecular flexibility index (Phi) is 2.79. The predicted molar refractivity (Wildman–Crippen MR) is 66.6 cm³/mol. The summed E-state index contributed by atoms with van der Waals surface area (Å²) in [4.78, 5) is 5.77. The fourth-order valence-electron chi connectivity index (χ4n) is 1.65. The molecule has 0 atom stereocenters. The van der Waals surface area contributed by atoms with Crippen molar-refractivity contribution in [3.63, 3.8) is 0 Å². The molecule has 0 bridgehead atoms. The molecule has 0 amide bonds. The molecule has 88 valence electrons. The fourth-order valence-corrected chi connectivity index (χ4v) is 1.65. The number of nitrogens with zero attached hydrogens (tertiary/aromatic N) is 5. The average Bonchev–Trinajstić information content (AvgIpc) is 2.89. The van der Waals surface area contributed by atoms with Gasteiger partial charge in [0, 0.05) is 11.8 Å². The van der Waals surface area contributed by atoms with Crippen LogP contribution in [-0.2, 0) is 6.54 Å². The first-order chi connectivity index (χ1) is 8.92. The van der Waals surface area contributed by atoms with Gasteiger partial charge >= 0.3 is 0 Å². The summed E-state index contributed by atoms with van der Waals surface area (Å²) < 4.78 is 0. The number of aromatic nitrogens is 5. The molecule has 0 saturated heterocycles. The molecule has 3 aromatic rings. The largest absolute Gasteiger partial charge is 0.259 e. The molecule has 0 saturated carbocycles. The van der Waals surface area contributed by atoms with Gasteiger partial charge < -0.3 is 0 Å². The van der Waals surface area contributed by atoms with Crippen molar-refractivity contribution in [3.05, 3.63) is 60.4 Å². The van der Waals surface area contributed by atoms with Crippen LogP contribution in [0.4, 0.5) is 0 Å². The van der Waals surface area contributed by atoms with Crippen LogP contribution in [0, 0.1) is 0 Å². The Bertz CT molecular complexity index is 618. The first kappa shape index (κ1) is 10.6. The molecule has 1 aromatic carbocycles. The third kappa shape index (κ3) is 2.24. The topological polar surface area (TPSA) is 56.5 Å². The van der Waals surface area contributed by atoms with E-state index in [-0.39, 0.29) is 0 Å². The average molecular weight is 237 g/mol. The molecule has 0 aliphatic carbocycles. The summed E-state index contributed by atoms with van der Waals surface area (Å²) in [5, 5.41) is 12.4. The van der Waals surface area contributed by atoms with E-state index in [1.165, 1.54) is 0 Å². The highest BCUT2D eigenvalue weighted by Gasteiger charge is 2.05. The molecular formula is C13H11N5. The van der Waals surface area contributed by atoms with Crippen LogP contribution in [0.1, 0.15) is 5.69 Å². The summed E-state index contributed by atoms with van der Waals surface area (Å²) in [6.07, 6.45) is 1.75. The van der Waals surface area contributed by atoms with E-state index < -0.39 is 0 Å². The Balaban J connectivity index is 1.82. The molecule has 0 radical (unpaired) electrons. The molecule has 3 rings (SSSR count). The molecular weight excluding hydrogens is 226 g/mol. The van der Waals surface area contributed by atoms with Gasteiger partial charge in [-0.2, -0.15) is 4.80 Å². The summed E-state index contributed by atoms with van der Waals surface area (Å²) in [7, 11) is 0. The molecule has 0 fully saturated rings. The van der Waals surface area contributed by atoms with E-state index in [2.05, 4.69) is 20.4 Å². The van der Waals surface area contributed by atoms with Crippen molar-refractivity contribution in [1.29, 1.82) is 0 Å². The maximum Gasteiger partial charge on any atom is 0.204 e. The Labute approximate surface area is 104 Å². The van der Waals surface area contributed by atoms with Crippen molar-refractivity contribution in [1.82, 2.24) is 25.2 Å². The molecule has 2 aromatic heterocycles. The number of pyridine rings is 1. The maximum absolute atomic E-state index is 4.33. The SMILES string of the molecule is c1ccc(-c2nnn(Cc3ccccn3)n2)cc1. The van der Waals surface area contributed by atoms with Crippen LogP contribution in [0.5, 0.6) is 0 Å². The van der Waals surface area contributed by atoms with Gasteiger partial charge in [0.05, 0.1) is 5.69 Å². The lowest BCUT2D eigenvalue weighted by atomic mass is 10.2. The highest BCUT2D eigenvalue weighted by atomic mass is 15.6. The van der Waals surface area contributed by atoms with Gasteiger partial charge in [0.1, 0.15) is 6.54 Å². The fraction of sp³-hybridized carbons (Fsp3) is 0.0769. The third-order valence-electron chi connectivity index (χ3n) is 2.51. The Hall–Kier alpha value is -2.56. The van der Waals surface area contributed by atoms with Gasteiger partial charge in [0.25, 0.3) is 0 Å². The van der Waals surface area contributed by atoms with E-state index in [1.807, 2.05) is 48.5 Å². The van der Waals surface area contributed by atoms with Crippen molar-refractivity contribution in [2.75, 3.05) is 0 Å². The van der Waals surface area contributed by atoms with Crippen LogP contribution in [0.25, 0.3) is 11.4 Å². The smallest absolute Gasteiger partial charge is 0.204 e. The van der Waals surface area contributed by atoms with Gasteiger partial charge in [0.2, 0.25) is 5.82 Å². The molecule has 5 heteroatoms. The zero-order valence-corrected chi connectivity index (χ0v) is 9.64. The van der Waals surface area contributed by atoms with Crippen LogP contribution < -0.4 is 0 Å². The van der Waals surface area contributed by atoms with Crippen molar-refractivity contribution < 1.29 is 0 Å². The zero-order valence-electron chi connectivity index (χ0n) is 9.64. The summed E-state index contributed by atoms with van der Waals surface area (Å²) in [6, 6.07) is 15.5. The van der Waals surface area contributed by atoms with Crippen molar-refractivity contribution in [2.45, 2.75) is 6.54 Å². The molecule has 0 aliphatic heterocycles. The first-order valence-electron chi connectivity index (χ1n) is 5.65. The first-order valence-corrected chi connectivity index (χ1v) is 5.65. The second kappa shape index (κ2) is 4.75. The van der Waals surface area contributed by atoms with Crippen LogP contribution in [0.2, 0.25) is 0 Å². The van der Waals surface area contributed by atoms with E-state index in [4.69, 9.17) is 0 Å². The summed E-state index contributed by atoms with van der Waals surface area (Å²) in [5.41, 5.74) is 1.87. The van der Waals surface area contributed by atoms with Gasteiger partial charge in [-0.3, -0.25) is 4.98 Å². The summed E-state index contributed by atoms with van der Waals surface area (Å²) in [6.45, 7) is 0.528.